The zero-order valence-corrected chi connectivity index (χ0v) is 8.65. The van der Waals surface area contributed by atoms with Crippen molar-refractivity contribution < 1.29 is 9.63 Å². The zero-order chi connectivity index (χ0) is 10.1. The van der Waals surface area contributed by atoms with E-state index in [9.17, 15) is 5.11 Å². The van der Waals surface area contributed by atoms with Crippen molar-refractivity contribution in [3.8, 4) is 16.9 Å². The minimum Gasteiger partial charge on any atom is -0.508 e. The molecule has 5 heteroatoms. The number of aromatic nitrogens is 1. The van der Waals surface area contributed by atoms with Crippen LogP contribution < -0.4 is 5.73 Å². The van der Waals surface area contributed by atoms with E-state index in [1.165, 1.54) is 0 Å². The van der Waals surface area contributed by atoms with Crippen LogP contribution >= 0.6 is 15.9 Å². The van der Waals surface area contributed by atoms with Crippen LogP contribution in [0.25, 0.3) is 11.1 Å². The summed E-state index contributed by atoms with van der Waals surface area (Å²) < 4.78 is 5.32. The summed E-state index contributed by atoms with van der Waals surface area (Å²) in [6.07, 6.45) is 0. The minimum absolute atomic E-state index is 0.176. The molecule has 1 aromatic heterocycles. The predicted molar refractivity (Wildman–Crippen MR) is 55.7 cm³/mol. The van der Waals surface area contributed by atoms with Gasteiger partial charge in [0, 0.05) is 0 Å². The number of hydrogen-bond donors (Lipinski definition) is 2. The van der Waals surface area contributed by atoms with Crippen LogP contribution in [0.4, 0.5) is 5.88 Å². The lowest BCUT2D eigenvalue weighted by molar-refractivity contribution is 0.432. The fraction of sp³-hybridized carbons (Fsp3) is 0. The second-order valence-corrected chi connectivity index (χ2v) is 3.51. The van der Waals surface area contributed by atoms with Crippen LogP contribution in [-0.4, -0.2) is 10.3 Å². The van der Waals surface area contributed by atoms with Gasteiger partial charge >= 0.3 is 0 Å². The first-order chi connectivity index (χ1) is 6.68. The van der Waals surface area contributed by atoms with Crippen molar-refractivity contribution in [1.29, 1.82) is 0 Å². The Morgan fingerprint density at radius 2 is 2.21 bits per heavy atom. The largest absolute Gasteiger partial charge is 0.508 e. The molecular formula is C9H7BrN2O2. The maximum atomic E-state index is 9.29. The molecule has 0 saturated carbocycles. The summed E-state index contributed by atoms with van der Waals surface area (Å²) >= 11 is 3.21. The minimum atomic E-state index is 0.176. The van der Waals surface area contributed by atoms with E-state index in [4.69, 9.17) is 10.3 Å². The Labute approximate surface area is 88.5 Å². The van der Waals surface area contributed by atoms with Crippen molar-refractivity contribution in [3.05, 3.63) is 28.9 Å². The van der Waals surface area contributed by atoms with E-state index in [1.807, 2.05) is 6.07 Å². The third kappa shape index (κ3) is 1.46. The number of phenolic OH excluding ortho intramolecular Hbond substituents is 1. The number of nitrogens with zero attached hydrogens (tertiary/aromatic N) is 1. The van der Waals surface area contributed by atoms with Crippen LogP contribution in [0.15, 0.2) is 33.4 Å². The lowest BCUT2D eigenvalue weighted by Gasteiger charge is -1.99. The topological polar surface area (TPSA) is 72.3 Å². The predicted octanol–water partition coefficient (Wildman–Crippen LogP) is 2.39. The number of phenols is 1. The second kappa shape index (κ2) is 3.34. The number of halogens is 1. The smallest absolute Gasteiger partial charge is 0.231 e. The molecule has 0 amide bonds. The van der Waals surface area contributed by atoms with Gasteiger partial charge in [0.05, 0.1) is 5.56 Å². The summed E-state index contributed by atoms with van der Waals surface area (Å²) in [6, 6.07) is 6.71. The lowest BCUT2D eigenvalue weighted by atomic mass is 10.1. The second-order valence-electron chi connectivity index (χ2n) is 2.76. The van der Waals surface area contributed by atoms with E-state index in [-0.39, 0.29) is 11.6 Å². The Hall–Kier alpha value is -1.49. The first-order valence-electron chi connectivity index (χ1n) is 3.88. The lowest BCUT2D eigenvalue weighted by Crippen LogP contribution is -1.85. The van der Waals surface area contributed by atoms with Crippen molar-refractivity contribution in [1.82, 2.24) is 5.16 Å². The molecule has 0 aliphatic carbocycles. The highest BCUT2D eigenvalue weighted by atomic mass is 79.9. The normalized spacial score (nSPS) is 10.4. The van der Waals surface area contributed by atoms with E-state index in [0.717, 1.165) is 5.56 Å². The van der Waals surface area contributed by atoms with Crippen LogP contribution in [0.3, 0.4) is 0 Å². The molecule has 0 radical (unpaired) electrons. The van der Waals surface area contributed by atoms with Gasteiger partial charge in [0.2, 0.25) is 5.88 Å². The fourth-order valence-corrected chi connectivity index (χ4v) is 1.70. The molecule has 0 aliphatic rings. The molecule has 0 bridgehead atoms. The van der Waals surface area contributed by atoms with Crippen LogP contribution in [0.5, 0.6) is 5.75 Å². The molecule has 0 spiro atoms. The molecule has 0 atom stereocenters. The van der Waals surface area contributed by atoms with Gasteiger partial charge < -0.3 is 15.4 Å². The number of aromatic hydroxyl groups is 1. The van der Waals surface area contributed by atoms with Gasteiger partial charge in [-0.1, -0.05) is 17.3 Å². The standard InChI is InChI=1S/C9H7BrN2O2/c10-8-7(9(11)14-12-8)5-2-1-3-6(13)4-5/h1-4,13H,11H2. The SMILES string of the molecule is Nc1onc(Br)c1-c1cccc(O)c1. The monoisotopic (exact) mass is 254 g/mol. The van der Waals surface area contributed by atoms with Gasteiger partial charge in [0.25, 0.3) is 0 Å². The summed E-state index contributed by atoms with van der Waals surface area (Å²) in [5.41, 5.74) is 7.00. The number of hydrogen-bond acceptors (Lipinski definition) is 4. The maximum absolute atomic E-state index is 9.29. The number of anilines is 1. The zero-order valence-electron chi connectivity index (χ0n) is 7.07. The molecule has 3 N–H and O–H groups in total. The molecule has 0 aliphatic heterocycles. The maximum Gasteiger partial charge on any atom is 0.231 e. The van der Waals surface area contributed by atoms with Crippen molar-refractivity contribution in [2.75, 3.05) is 5.73 Å². The molecule has 72 valence electrons. The third-order valence-corrected chi connectivity index (χ3v) is 2.35. The van der Waals surface area contributed by atoms with Crippen molar-refractivity contribution >= 4 is 21.8 Å². The third-order valence-electron chi connectivity index (χ3n) is 1.81. The molecule has 0 fully saturated rings. The number of nitrogen functional groups attached to an aromatic ring is 1. The quantitative estimate of drug-likeness (QED) is 0.820. The molecule has 2 rings (SSSR count). The fourth-order valence-electron chi connectivity index (χ4n) is 1.20. The molecule has 1 heterocycles. The van der Waals surface area contributed by atoms with Gasteiger partial charge in [-0.25, -0.2) is 0 Å². The van der Waals surface area contributed by atoms with Gasteiger partial charge in [0.1, 0.15) is 5.75 Å². The van der Waals surface area contributed by atoms with Crippen LogP contribution in [0.2, 0.25) is 0 Å². The van der Waals surface area contributed by atoms with E-state index < -0.39 is 0 Å². The van der Waals surface area contributed by atoms with Crippen molar-refractivity contribution in [3.63, 3.8) is 0 Å². The van der Waals surface area contributed by atoms with Gasteiger partial charge in [-0.3, -0.25) is 0 Å². The van der Waals surface area contributed by atoms with Crippen LogP contribution in [0, 0.1) is 0 Å². The molecule has 0 saturated heterocycles. The van der Waals surface area contributed by atoms with E-state index in [1.54, 1.807) is 18.2 Å². The van der Waals surface area contributed by atoms with Crippen LogP contribution in [-0.2, 0) is 0 Å². The highest BCUT2D eigenvalue weighted by molar-refractivity contribution is 9.10. The average Bonchev–Trinajstić information content (AvgIpc) is 2.46. The number of benzene rings is 1. The van der Waals surface area contributed by atoms with E-state index in [2.05, 4.69) is 21.1 Å². The molecule has 0 unspecified atom stereocenters. The van der Waals surface area contributed by atoms with Gasteiger partial charge in [-0.2, -0.15) is 0 Å². The summed E-state index contributed by atoms with van der Waals surface area (Å²) in [5, 5.41) is 12.9. The van der Waals surface area contributed by atoms with Crippen molar-refractivity contribution in [2.24, 2.45) is 0 Å². The Kier molecular flexibility index (Phi) is 2.17. The molecule has 2 aromatic rings. The number of rotatable bonds is 1. The Morgan fingerprint density at radius 1 is 1.43 bits per heavy atom. The summed E-state index contributed by atoms with van der Waals surface area (Å²) in [5.74, 6) is 0.400. The Bertz CT molecular complexity index is 448. The Morgan fingerprint density at radius 3 is 2.79 bits per heavy atom. The van der Waals surface area contributed by atoms with Gasteiger partial charge in [0.15, 0.2) is 4.60 Å². The first-order valence-corrected chi connectivity index (χ1v) is 4.68. The van der Waals surface area contributed by atoms with E-state index in [0.29, 0.717) is 10.2 Å². The highest BCUT2D eigenvalue weighted by Gasteiger charge is 2.13. The molecular weight excluding hydrogens is 248 g/mol. The molecule has 4 nitrogen and oxygen atoms in total. The summed E-state index contributed by atoms with van der Waals surface area (Å²) in [6.45, 7) is 0. The van der Waals surface area contributed by atoms with Crippen LogP contribution in [0.1, 0.15) is 0 Å². The van der Waals surface area contributed by atoms with Gasteiger partial charge in [-0.15, -0.1) is 0 Å². The van der Waals surface area contributed by atoms with Gasteiger partial charge in [-0.05, 0) is 33.6 Å². The molecule has 1 aromatic carbocycles. The first kappa shape index (κ1) is 9.08. The average molecular weight is 255 g/mol. The summed E-state index contributed by atoms with van der Waals surface area (Å²) in [7, 11) is 0. The van der Waals surface area contributed by atoms with Crippen molar-refractivity contribution in [2.45, 2.75) is 0 Å². The highest BCUT2D eigenvalue weighted by Crippen LogP contribution is 2.34. The summed E-state index contributed by atoms with van der Waals surface area (Å²) in [4.78, 5) is 0. The molecule has 14 heavy (non-hydrogen) atoms. The number of nitrogens with two attached hydrogens (primary N) is 1. The Balaban J connectivity index is 2.59. The van der Waals surface area contributed by atoms with E-state index >= 15 is 0 Å².